The van der Waals surface area contributed by atoms with E-state index < -0.39 is 0 Å². The van der Waals surface area contributed by atoms with Gasteiger partial charge in [-0.1, -0.05) is 6.07 Å². The number of rotatable bonds is 4. The van der Waals surface area contributed by atoms with Crippen LogP contribution in [0, 0.1) is 18.3 Å². The summed E-state index contributed by atoms with van der Waals surface area (Å²) in [6, 6.07) is 7.78. The van der Waals surface area contributed by atoms with E-state index >= 15 is 0 Å². The third kappa shape index (κ3) is 3.61. The van der Waals surface area contributed by atoms with Crippen LogP contribution in [0.25, 0.3) is 0 Å². The molecule has 0 unspecified atom stereocenters. The fourth-order valence-electron chi connectivity index (χ4n) is 1.20. The summed E-state index contributed by atoms with van der Waals surface area (Å²) >= 11 is 0. The second-order valence-electron chi connectivity index (χ2n) is 3.76. The van der Waals surface area contributed by atoms with Gasteiger partial charge in [-0.3, -0.25) is 0 Å². The van der Waals surface area contributed by atoms with Crippen molar-refractivity contribution in [2.75, 3.05) is 27.2 Å². The molecule has 0 heterocycles. The highest BCUT2D eigenvalue weighted by Crippen LogP contribution is 2.18. The standard InChI is InChI=1S/C12H16N2O/c1-10-4-5-12(11(8-10)9-13)15-7-6-14(2)3/h4-5,8H,6-7H2,1-3H3. The molecule has 0 aliphatic heterocycles. The van der Waals surface area contributed by atoms with Crippen molar-refractivity contribution in [2.45, 2.75) is 6.92 Å². The number of nitriles is 1. The average molecular weight is 204 g/mol. The predicted molar refractivity (Wildman–Crippen MR) is 59.9 cm³/mol. The Kier molecular flexibility index (Phi) is 4.14. The molecule has 0 amide bonds. The van der Waals surface area contributed by atoms with Gasteiger partial charge in [-0.15, -0.1) is 0 Å². The van der Waals surface area contributed by atoms with Crippen LogP contribution >= 0.6 is 0 Å². The van der Waals surface area contributed by atoms with Gasteiger partial charge in [0, 0.05) is 6.54 Å². The van der Waals surface area contributed by atoms with E-state index in [4.69, 9.17) is 10.00 Å². The van der Waals surface area contributed by atoms with Crippen LogP contribution < -0.4 is 4.74 Å². The van der Waals surface area contributed by atoms with Crippen LogP contribution in [0.1, 0.15) is 11.1 Å². The van der Waals surface area contributed by atoms with Gasteiger partial charge in [0.25, 0.3) is 0 Å². The van der Waals surface area contributed by atoms with Crippen LogP contribution in [-0.2, 0) is 0 Å². The fraction of sp³-hybridized carbons (Fsp3) is 0.417. The fourth-order valence-corrected chi connectivity index (χ4v) is 1.20. The molecule has 1 aromatic rings. The maximum absolute atomic E-state index is 8.91. The molecule has 0 spiro atoms. The summed E-state index contributed by atoms with van der Waals surface area (Å²) in [5, 5.41) is 8.91. The average Bonchev–Trinajstić information content (AvgIpc) is 2.19. The molecule has 0 aliphatic rings. The number of nitrogens with zero attached hydrogens (tertiary/aromatic N) is 2. The molecule has 0 bridgehead atoms. The zero-order valence-corrected chi connectivity index (χ0v) is 9.45. The zero-order chi connectivity index (χ0) is 11.3. The van der Waals surface area contributed by atoms with Crippen molar-refractivity contribution in [1.82, 2.24) is 4.90 Å². The largest absolute Gasteiger partial charge is 0.491 e. The van der Waals surface area contributed by atoms with Gasteiger partial charge < -0.3 is 9.64 Å². The van der Waals surface area contributed by atoms with E-state index in [0.29, 0.717) is 17.9 Å². The second kappa shape index (κ2) is 5.38. The lowest BCUT2D eigenvalue weighted by molar-refractivity contribution is 0.261. The van der Waals surface area contributed by atoms with Gasteiger partial charge in [-0.25, -0.2) is 0 Å². The lowest BCUT2D eigenvalue weighted by Gasteiger charge is -2.12. The first-order valence-corrected chi connectivity index (χ1v) is 4.92. The molecule has 0 saturated heterocycles. The summed E-state index contributed by atoms with van der Waals surface area (Å²) in [6.07, 6.45) is 0. The number of aryl methyl sites for hydroxylation is 1. The van der Waals surface area contributed by atoms with Crippen LogP contribution in [0.3, 0.4) is 0 Å². The predicted octanol–water partition coefficient (Wildman–Crippen LogP) is 1.81. The van der Waals surface area contributed by atoms with E-state index in [1.54, 1.807) is 0 Å². The third-order valence-corrected chi connectivity index (χ3v) is 2.05. The summed E-state index contributed by atoms with van der Waals surface area (Å²) in [5.41, 5.74) is 1.68. The Morgan fingerprint density at radius 2 is 2.13 bits per heavy atom. The van der Waals surface area contributed by atoms with Crippen molar-refractivity contribution in [2.24, 2.45) is 0 Å². The SMILES string of the molecule is Cc1ccc(OCCN(C)C)c(C#N)c1. The van der Waals surface area contributed by atoms with Gasteiger partial charge in [0.2, 0.25) is 0 Å². The van der Waals surface area contributed by atoms with Crippen molar-refractivity contribution >= 4 is 0 Å². The second-order valence-corrected chi connectivity index (χ2v) is 3.76. The van der Waals surface area contributed by atoms with Gasteiger partial charge in [0.15, 0.2) is 0 Å². The zero-order valence-electron chi connectivity index (χ0n) is 9.45. The summed E-state index contributed by atoms with van der Waals surface area (Å²) in [6.45, 7) is 3.41. The smallest absolute Gasteiger partial charge is 0.137 e. The van der Waals surface area contributed by atoms with Gasteiger partial charge in [0.05, 0.1) is 5.56 Å². The minimum Gasteiger partial charge on any atom is -0.491 e. The Bertz CT molecular complexity index is 366. The Hall–Kier alpha value is -1.53. The Morgan fingerprint density at radius 1 is 1.40 bits per heavy atom. The molecule has 0 N–H and O–H groups in total. The minimum atomic E-state index is 0.602. The molecule has 1 aromatic carbocycles. The van der Waals surface area contributed by atoms with Crippen LogP contribution in [0.15, 0.2) is 18.2 Å². The van der Waals surface area contributed by atoms with Crippen molar-refractivity contribution in [3.8, 4) is 11.8 Å². The molecule has 3 heteroatoms. The first-order chi connectivity index (χ1) is 7.13. The molecule has 80 valence electrons. The van der Waals surface area contributed by atoms with Crippen molar-refractivity contribution in [3.63, 3.8) is 0 Å². The van der Waals surface area contributed by atoms with Crippen molar-refractivity contribution in [3.05, 3.63) is 29.3 Å². The van der Waals surface area contributed by atoms with Gasteiger partial charge in [0.1, 0.15) is 18.4 Å². The summed E-state index contributed by atoms with van der Waals surface area (Å²) in [5.74, 6) is 0.671. The number of benzene rings is 1. The molecule has 0 aliphatic carbocycles. The van der Waals surface area contributed by atoms with Gasteiger partial charge in [-0.05, 0) is 38.7 Å². The number of likely N-dealkylation sites (N-methyl/N-ethyl adjacent to an activating group) is 1. The normalized spacial score (nSPS) is 10.1. The molecular weight excluding hydrogens is 188 g/mol. The summed E-state index contributed by atoms with van der Waals surface area (Å²) in [7, 11) is 3.98. The van der Waals surface area contributed by atoms with Crippen molar-refractivity contribution < 1.29 is 4.74 Å². The number of hydrogen-bond donors (Lipinski definition) is 0. The Labute approximate surface area is 90.9 Å². The summed E-state index contributed by atoms with van der Waals surface area (Å²) in [4.78, 5) is 2.04. The van der Waals surface area contributed by atoms with E-state index in [1.807, 2.05) is 44.1 Å². The molecule has 0 saturated carbocycles. The highest BCUT2D eigenvalue weighted by atomic mass is 16.5. The first-order valence-electron chi connectivity index (χ1n) is 4.92. The van der Waals surface area contributed by atoms with E-state index in [2.05, 4.69) is 6.07 Å². The van der Waals surface area contributed by atoms with E-state index in [0.717, 1.165) is 12.1 Å². The number of ether oxygens (including phenoxy) is 1. The van der Waals surface area contributed by atoms with E-state index in [1.165, 1.54) is 0 Å². The molecule has 0 fully saturated rings. The number of hydrogen-bond acceptors (Lipinski definition) is 3. The van der Waals surface area contributed by atoms with E-state index in [9.17, 15) is 0 Å². The first kappa shape index (κ1) is 11.5. The summed E-state index contributed by atoms with van der Waals surface area (Å²) < 4.78 is 5.53. The maximum Gasteiger partial charge on any atom is 0.137 e. The van der Waals surface area contributed by atoms with Gasteiger partial charge >= 0.3 is 0 Å². The Balaban J connectivity index is 2.65. The van der Waals surface area contributed by atoms with Crippen LogP contribution in [-0.4, -0.2) is 32.1 Å². The topological polar surface area (TPSA) is 36.3 Å². The van der Waals surface area contributed by atoms with Crippen molar-refractivity contribution in [1.29, 1.82) is 5.26 Å². The molecule has 0 atom stereocenters. The highest BCUT2D eigenvalue weighted by Gasteiger charge is 2.02. The highest BCUT2D eigenvalue weighted by molar-refractivity contribution is 5.45. The third-order valence-electron chi connectivity index (χ3n) is 2.05. The lowest BCUT2D eigenvalue weighted by Crippen LogP contribution is -2.19. The molecule has 3 nitrogen and oxygen atoms in total. The van der Waals surface area contributed by atoms with Crippen LogP contribution in [0.2, 0.25) is 0 Å². The molecule has 0 aromatic heterocycles. The van der Waals surface area contributed by atoms with Gasteiger partial charge in [-0.2, -0.15) is 5.26 Å². The molecular formula is C12H16N2O. The molecule has 0 radical (unpaired) electrons. The molecule has 1 rings (SSSR count). The van der Waals surface area contributed by atoms with Crippen LogP contribution in [0.5, 0.6) is 5.75 Å². The van der Waals surface area contributed by atoms with Crippen LogP contribution in [0.4, 0.5) is 0 Å². The lowest BCUT2D eigenvalue weighted by atomic mass is 10.1. The molecule has 15 heavy (non-hydrogen) atoms. The minimum absolute atomic E-state index is 0.602. The Morgan fingerprint density at radius 3 is 2.73 bits per heavy atom. The quantitative estimate of drug-likeness (QED) is 0.750. The monoisotopic (exact) mass is 204 g/mol. The van der Waals surface area contributed by atoms with E-state index in [-0.39, 0.29) is 0 Å². The maximum atomic E-state index is 8.91.